The van der Waals surface area contributed by atoms with Crippen molar-refractivity contribution >= 4 is 12.0 Å². The van der Waals surface area contributed by atoms with Crippen molar-refractivity contribution in [1.82, 2.24) is 10.6 Å². The van der Waals surface area contributed by atoms with Gasteiger partial charge in [0.15, 0.2) is 0 Å². The van der Waals surface area contributed by atoms with E-state index in [1.54, 1.807) is 45.0 Å². The van der Waals surface area contributed by atoms with E-state index in [2.05, 4.69) is 10.6 Å². The van der Waals surface area contributed by atoms with Crippen molar-refractivity contribution in [2.45, 2.75) is 45.3 Å². The maximum Gasteiger partial charge on any atom is 0.408 e. The fraction of sp³-hybridized carbons (Fsp3) is 0.348. The highest BCUT2D eigenvalue weighted by atomic mass is 19.1. The van der Waals surface area contributed by atoms with Gasteiger partial charge in [0, 0.05) is 18.5 Å². The average Bonchev–Trinajstić information content (AvgIpc) is 2.67. The predicted octanol–water partition coefficient (Wildman–Crippen LogP) is 3.74. The molecule has 6 nitrogen and oxygen atoms in total. The zero-order chi connectivity index (χ0) is 21.9. The second kappa shape index (κ2) is 8.54. The lowest BCUT2D eigenvalue weighted by Gasteiger charge is -2.21. The summed E-state index contributed by atoms with van der Waals surface area (Å²) in [6.45, 7) is 5.75. The molecule has 1 heterocycles. The fourth-order valence-corrected chi connectivity index (χ4v) is 3.30. The van der Waals surface area contributed by atoms with Gasteiger partial charge in [-0.2, -0.15) is 5.26 Å². The number of rotatable bonds is 4. The molecule has 0 fully saturated rings. The van der Waals surface area contributed by atoms with Crippen molar-refractivity contribution in [3.05, 3.63) is 58.9 Å². The van der Waals surface area contributed by atoms with Gasteiger partial charge in [0.1, 0.15) is 17.5 Å². The first-order valence-electron chi connectivity index (χ1n) is 9.75. The number of halogens is 1. The van der Waals surface area contributed by atoms with E-state index >= 15 is 0 Å². The van der Waals surface area contributed by atoms with E-state index in [-0.39, 0.29) is 12.3 Å². The summed E-state index contributed by atoms with van der Waals surface area (Å²) < 4.78 is 19.9. The van der Waals surface area contributed by atoms with Crippen LogP contribution in [-0.4, -0.2) is 30.2 Å². The number of nitrogens with zero attached hydrogens (tertiary/aromatic N) is 1. The van der Waals surface area contributed by atoms with Gasteiger partial charge in [0.25, 0.3) is 5.91 Å². The van der Waals surface area contributed by atoms with Crippen LogP contribution in [0.1, 0.15) is 42.3 Å². The smallest absolute Gasteiger partial charge is 0.408 e. The molecule has 0 radical (unpaired) electrons. The van der Waals surface area contributed by atoms with Gasteiger partial charge >= 0.3 is 6.09 Å². The highest BCUT2D eigenvalue weighted by molar-refractivity contribution is 5.97. The lowest BCUT2D eigenvalue weighted by Crippen LogP contribution is -2.39. The molecule has 30 heavy (non-hydrogen) atoms. The number of hydrogen-bond acceptors (Lipinski definition) is 4. The summed E-state index contributed by atoms with van der Waals surface area (Å²) in [4.78, 5) is 23.8. The topological polar surface area (TPSA) is 91.2 Å². The van der Waals surface area contributed by atoms with Crippen LogP contribution in [0.25, 0.3) is 11.1 Å². The Kier molecular flexibility index (Phi) is 6.06. The quantitative estimate of drug-likeness (QED) is 0.805. The molecule has 0 saturated carbocycles. The Labute approximate surface area is 175 Å². The number of nitrogens with one attached hydrogen (secondary N) is 2. The van der Waals surface area contributed by atoms with Crippen LogP contribution in [0.2, 0.25) is 0 Å². The minimum atomic E-state index is -0.914. The summed E-state index contributed by atoms with van der Waals surface area (Å²) in [5.41, 5.74) is 2.71. The minimum absolute atomic E-state index is 0.0201. The molecule has 2 aromatic rings. The van der Waals surface area contributed by atoms with E-state index in [0.717, 1.165) is 17.5 Å². The highest BCUT2D eigenvalue weighted by Crippen LogP contribution is 2.26. The summed E-state index contributed by atoms with van der Waals surface area (Å²) in [7, 11) is 0. The van der Waals surface area contributed by atoms with Gasteiger partial charge in [0.05, 0.1) is 6.07 Å². The second-order valence-corrected chi connectivity index (χ2v) is 8.22. The van der Waals surface area contributed by atoms with Gasteiger partial charge in [0.2, 0.25) is 0 Å². The van der Waals surface area contributed by atoms with Gasteiger partial charge in [-0.05, 0) is 61.6 Å². The number of carbonyl (C=O) groups excluding carboxylic acids is 2. The molecule has 1 aliphatic rings. The molecule has 2 N–H and O–H groups in total. The van der Waals surface area contributed by atoms with Crippen LogP contribution < -0.4 is 10.6 Å². The zero-order valence-electron chi connectivity index (χ0n) is 17.2. The molecular formula is C23H24FN3O3. The second-order valence-electron chi connectivity index (χ2n) is 8.22. The fourth-order valence-electron chi connectivity index (χ4n) is 3.30. The van der Waals surface area contributed by atoms with Crippen LogP contribution in [0.4, 0.5) is 9.18 Å². The average molecular weight is 409 g/mol. The van der Waals surface area contributed by atoms with E-state index in [1.165, 1.54) is 6.07 Å². The molecule has 156 valence electrons. The molecule has 0 unspecified atom stereocenters. The first kappa shape index (κ1) is 21.3. The van der Waals surface area contributed by atoms with E-state index in [1.807, 2.05) is 12.1 Å². The Bertz CT molecular complexity index is 1020. The van der Waals surface area contributed by atoms with Crippen LogP contribution in [0.15, 0.2) is 36.4 Å². The third kappa shape index (κ3) is 5.15. The number of fused-ring (bicyclic) bond motifs is 1. The third-order valence-electron chi connectivity index (χ3n) is 4.69. The maximum absolute atomic E-state index is 14.7. The Morgan fingerprint density at radius 3 is 2.63 bits per heavy atom. The lowest BCUT2D eigenvalue weighted by atomic mass is 9.94. The number of hydrogen-bond donors (Lipinski definition) is 2. The number of carbonyl (C=O) groups is 2. The van der Waals surface area contributed by atoms with Gasteiger partial charge in [-0.15, -0.1) is 0 Å². The summed E-state index contributed by atoms with van der Waals surface area (Å²) >= 11 is 0. The van der Waals surface area contributed by atoms with Crippen molar-refractivity contribution in [3.63, 3.8) is 0 Å². The largest absolute Gasteiger partial charge is 0.444 e. The Hall–Kier alpha value is -3.40. The Morgan fingerprint density at radius 1 is 1.27 bits per heavy atom. The summed E-state index contributed by atoms with van der Waals surface area (Å²) in [5, 5.41) is 14.6. The molecule has 0 aromatic heterocycles. The Morgan fingerprint density at radius 2 is 1.97 bits per heavy atom. The standard InChI is InChI=1S/C23H24FN3O3/c1-23(2,3)30-22(29)27-18(13-25)11-17-5-4-15(12-20(17)24)14-6-7-19-16(10-14)8-9-26-21(19)28/h4-7,10,12,18H,8-9,11H2,1-3H3,(H,26,28)(H,27,29)/t18-/m0/s1. The van der Waals surface area contributed by atoms with E-state index in [4.69, 9.17) is 4.74 Å². The van der Waals surface area contributed by atoms with Crippen molar-refractivity contribution < 1.29 is 18.7 Å². The molecule has 3 rings (SSSR count). The van der Waals surface area contributed by atoms with Crippen molar-refractivity contribution in [1.29, 1.82) is 5.26 Å². The molecule has 1 aliphatic heterocycles. The number of benzene rings is 2. The van der Waals surface area contributed by atoms with E-state index in [9.17, 15) is 19.2 Å². The molecule has 0 saturated heterocycles. The van der Waals surface area contributed by atoms with Gasteiger partial charge < -0.3 is 15.4 Å². The van der Waals surface area contributed by atoms with E-state index < -0.39 is 23.6 Å². The maximum atomic E-state index is 14.7. The summed E-state index contributed by atoms with van der Waals surface area (Å²) in [6, 6.07) is 11.3. The third-order valence-corrected chi connectivity index (χ3v) is 4.69. The van der Waals surface area contributed by atoms with E-state index in [0.29, 0.717) is 23.2 Å². The summed E-state index contributed by atoms with van der Waals surface area (Å²) in [6.07, 6.45) is 0.0335. The van der Waals surface area contributed by atoms with Crippen LogP contribution in [0.5, 0.6) is 0 Å². The molecule has 0 bridgehead atoms. The van der Waals surface area contributed by atoms with Crippen molar-refractivity contribution in [3.8, 4) is 17.2 Å². The first-order valence-corrected chi connectivity index (χ1v) is 9.75. The number of ether oxygens (including phenoxy) is 1. The molecule has 0 aliphatic carbocycles. The van der Waals surface area contributed by atoms with Crippen LogP contribution in [0, 0.1) is 17.1 Å². The normalized spacial score (nSPS) is 14.2. The number of alkyl carbamates (subject to hydrolysis) is 1. The summed E-state index contributed by atoms with van der Waals surface area (Å²) in [5.74, 6) is -0.557. The van der Waals surface area contributed by atoms with Crippen molar-refractivity contribution in [2.24, 2.45) is 0 Å². The zero-order valence-corrected chi connectivity index (χ0v) is 17.2. The van der Waals surface area contributed by atoms with Gasteiger partial charge in [-0.1, -0.05) is 24.3 Å². The van der Waals surface area contributed by atoms with Crippen LogP contribution in [0.3, 0.4) is 0 Å². The van der Waals surface area contributed by atoms with Gasteiger partial charge in [-0.25, -0.2) is 9.18 Å². The van der Waals surface area contributed by atoms with Crippen LogP contribution >= 0.6 is 0 Å². The molecule has 2 amide bonds. The Balaban J connectivity index is 1.74. The first-order chi connectivity index (χ1) is 14.2. The SMILES string of the molecule is CC(C)(C)OC(=O)N[C@H](C#N)Cc1ccc(-c2ccc3c(c2)CCNC3=O)cc1F. The predicted molar refractivity (Wildman–Crippen MR) is 110 cm³/mol. The monoisotopic (exact) mass is 409 g/mol. The molecule has 0 spiro atoms. The number of nitriles is 1. The highest BCUT2D eigenvalue weighted by Gasteiger charge is 2.21. The number of amides is 2. The van der Waals surface area contributed by atoms with Gasteiger partial charge in [-0.3, -0.25) is 4.79 Å². The lowest BCUT2D eigenvalue weighted by molar-refractivity contribution is 0.0515. The molecule has 7 heteroatoms. The molecule has 2 aromatic carbocycles. The van der Waals surface area contributed by atoms with Crippen molar-refractivity contribution in [2.75, 3.05) is 6.54 Å². The molecular weight excluding hydrogens is 385 g/mol. The van der Waals surface area contributed by atoms with Crippen LogP contribution in [-0.2, 0) is 17.6 Å². The minimum Gasteiger partial charge on any atom is -0.444 e. The molecule has 1 atom stereocenters.